The average Bonchev–Trinajstić information content (AvgIpc) is 2.61. The molecule has 0 spiro atoms. The standard InChI is InChI=1S/C17H22F3NO6S/c1-3-4-5-6-15(22)21-14(16(23)26-2)11-12-7-9-13(10-8-12)27-28(24,25)17(18,19)20/h7-10,14H,3-6,11H2,1-2H3,(H,21,22). The molecule has 11 heteroatoms. The van der Waals surface area contributed by atoms with E-state index in [1.165, 1.54) is 12.1 Å². The third-order valence-corrected chi connectivity index (χ3v) is 4.66. The number of methoxy groups -OCH3 is 1. The van der Waals surface area contributed by atoms with Crippen molar-refractivity contribution in [3.05, 3.63) is 29.8 Å². The first kappa shape index (κ1) is 23.7. The monoisotopic (exact) mass is 425 g/mol. The van der Waals surface area contributed by atoms with Crippen LogP contribution in [0, 0.1) is 0 Å². The van der Waals surface area contributed by atoms with Gasteiger partial charge in [-0.3, -0.25) is 4.79 Å². The van der Waals surface area contributed by atoms with Gasteiger partial charge in [0.2, 0.25) is 5.91 Å². The number of carbonyl (C=O) groups is 2. The predicted molar refractivity (Wildman–Crippen MR) is 93.8 cm³/mol. The summed E-state index contributed by atoms with van der Waals surface area (Å²) in [5.41, 5.74) is -5.08. The van der Waals surface area contributed by atoms with E-state index in [2.05, 4.69) is 14.2 Å². The Balaban J connectivity index is 2.79. The summed E-state index contributed by atoms with van der Waals surface area (Å²) in [6.07, 6.45) is 2.75. The van der Waals surface area contributed by atoms with Gasteiger partial charge >= 0.3 is 21.6 Å². The van der Waals surface area contributed by atoms with Crippen LogP contribution in [0.1, 0.15) is 38.2 Å². The maximum atomic E-state index is 12.3. The van der Waals surface area contributed by atoms with Crippen molar-refractivity contribution in [3.8, 4) is 5.75 Å². The van der Waals surface area contributed by atoms with E-state index in [1.807, 2.05) is 6.92 Å². The number of carbonyl (C=O) groups excluding carboxylic acids is 2. The van der Waals surface area contributed by atoms with Crippen molar-refractivity contribution in [2.45, 2.75) is 50.6 Å². The number of esters is 1. The number of nitrogens with one attached hydrogen (secondary N) is 1. The van der Waals surface area contributed by atoms with Gasteiger partial charge < -0.3 is 14.2 Å². The van der Waals surface area contributed by atoms with Gasteiger partial charge in [-0.15, -0.1) is 0 Å². The molecule has 0 bridgehead atoms. The van der Waals surface area contributed by atoms with Gasteiger partial charge in [-0.2, -0.15) is 21.6 Å². The largest absolute Gasteiger partial charge is 0.534 e. The number of ether oxygens (including phenoxy) is 1. The summed E-state index contributed by atoms with van der Waals surface area (Å²) in [7, 11) is -4.60. The molecular formula is C17H22F3NO6S. The van der Waals surface area contributed by atoms with Crippen LogP contribution in [0.25, 0.3) is 0 Å². The molecule has 0 radical (unpaired) electrons. The van der Waals surface area contributed by atoms with Gasteiger partial charge in [-0.1, -0.05) is 31.9 Å². The molecule has 0 saturated carbocycles. The molecule has 0 saturated heterocycles. The molecule has 0 aliphatic rings. The maximum absolute atomic E-state index is 12.3. The lowest BCUT2D eigenvalue weighted by atomic mass is 10.1. The first-order chi connectivity index (χ1) is 13.0. The van der Waals surface area contributed by atoms with E-state index in [0.717, 1.165) is 32.1 Å². The number of rotatable bonds is 10. The molecule has 0 aliphatic carbocycles. The summed E-state index contributed by atoms with van der Waals surface area (Å²) in [4.78, 5) is 23.8. The van der Waals surface area contributed by atoms with E-state index in [0.29, 0.717) is 12.0 Å². The molecule has 1 rings (SSSR count). The molecule has 0 aliphatic heterocycles. The fourth-order valence-corrected chi connectivity index (χ4v) is 2.69. The van der Waals surface area contributed by atoms with Crippen molar-refractivity contribution in [3.63, 3.8) is 0 Å². The van der Waals surface area contributed by atoms with Crippen LogP contribution in [0.2, 0.25) is 0 Å². The summed E-state index contributed by atoms with van der Waals surface area (Å²) in [5.74, 6) is -1.52. The van der Waals surface area contributed by atoms with E-state index in [9.17, 15) is 31.2 Å². The van der Waals surface area contributed by atoms with Gasteiger partial charge in [0, 0.05) is 12.8 Å². The summed E-state index contributed by atoms with van der Waals surface area (Å²) in [5, 5.41) is 2.56. The van der Waals surface area contributed by atoms with E-state index in [4.69, 9.17) is 0 Å². The molecule has 1 atom stereocenters. The third kappa shape index (κ3) is 7.37. The number of hydrogen-bond donors (Lipinski definition) is 1. The van der Waals surface area contributed by atoms with Crippen molar-refractivity contribution in [1.29, 1.82) is 0 Å². The molecule has 1 unspecified atom stereocenters. The molecule has 28 heavy (non-hydrogen) atoms. The van der Waals surface area contributed by atoms with Gasteiger partial charge in [0.1, 0.15) is 11.8 Å². The number of amides is 1. The van der Waals surface area contributed by atoms with Crippen LogP contribution in [0.5, 0.6) is 5.75 Å². The fourth-order valence-electron chi connectivity index (χ4n) is 2.23. The lowest BCUT2D eigenvalue weighted by Crippen LogP contribution is -2.43. The van der Waals surface area contributed by atoms with Gasteiger partial charge in [-0.25, -0.2) is 4.79 Å². The molecule has 7 nitrogen and oxygen atoms in total. The van der Waals surface area contributed by atoms with Crippen LogP contribution in [0.15, 0.2) is 24.3 Å². The highest BCUT2D eigenvalue weighted by Crippen LogP contribution is 2.27. The summed E-state index contributed by atoms with van der Waals surface area (Å²) in [6.45, 7) is 1.99. The van der Waals surface area contributed by atoms with Gasteiger partial charge in [0.25, 0.3) is 0 Å². The predicted octanol–water partition coefficient (Wildman–Crippen LogP) is 2.70. The first-order valence-corrected chi connectivity index (χ1v) is 9.88. The Labute approximate surface area is 161 Å². The minimum Gasteiger partial charge on any atom is -0.467 e. The highest BCUT2D eigenvalue weighted by atomic mass is 32.2. The highest BCUT2D eigenvalue weighted by molar-refractivity contribution is 7.88. The Morgan fingerprint density at radius 3 is 2.25 bits per heavy atom. The summed E-state index contributed by atoms with van der Waals surface area (Å²) in [6, 6.07) is 3.65. The Hall–Kier alpha value is -2.30. The summed E-state index contributed by atoms with van der Waals surface area (Å²) >= 11 is 0. The second kappa shape index (κ2) is 10.3. The van der Waals surface area contributed by atoms with E-state index >= 15 is 0 Å². The van der Waals surface area contributed by atoms with Crippen molar-refractivity contribution in [1.82, 2.24) is 5.32 Å². The lowest BCUT2D eigenvalue weighted by Gasteiger charge is -2.17. The van der Waals surface area contributed by atoms with Crippen molar-refractivity contribution < 1.29 is 40.1 Å². The Morgan fingerprint density at radius 1 is 1.14 bits per heavy atom. The fraction of sp³-hybridized carbons (Fsp3) is 0.529. The Bertz CT molecular complexity index is 762. The smallest absolute Gasteiger partial charge is 0.467 e. The van der Waals surface area contributed by atoms with Gasteiger partial charge in [-0.05, 0) is 24.1 Å². The van der Waals surface area contributed by atoms with Crippen LogP contribution in [0.4, 0.5) is 13.2 Å². The number of hydrogen-bond acceptors (Lipinski definition) is 6. The second-order valence-corrected chi connectivity index (χ2v) is 7.47. The second-order valence-electron chi connectivity index (χ2n) is 5.93. The molecule has 158 valence electrons. The van der Waals surface area contributed by atoms with E-state index < -0.39 is 33.4 Å². The van der Waals surface area contributed by atoms with Crippen molar-refractivity contribution >= 4 is 22.0 Å². The molecule has 0 aromatic heterocycles. The number of unbranched alkanes of at least 4 members (excludes halogenated alkanes) is 2. The molecule has 0 fully saturated rings. The zero-order chi connectivity index (χ0) is 21.4. The molecule has 1 aromatic carbocycles. The Kier molecular flexibility index (Phi) is 8.73. The van der Waals surface area contributed by atoms with Crippen LogP contribution >= 0.6 is 0 Å². The van der Waals surface area contributed by atoms with Crippen molar-refractivity contribution in [2.75, 3.05) is 7.11 Å². The highest BCUT2D eigenvalue weighted by Gasteiger charge is 2.48. The van der Waals surface area contributed by atoms with Gasteiger partial charge in [0.15, 0.2) is 0 Å². The third-order valence-electron chi connectivity index (χ3n) is 3.68. The number of alkyl halides is 3. The SMILES string of the molecule is CCCCCC(=O)NC(Cc1ccc(OS(=O)(=O)C(F)(F)F)cc1)C(=O)OC. The number of halogens is 3. The van der Waals surface area contributed by atoms with Crippen molar-refractivity contribution in [2.24, 2.45) is 0 Å². The molecule has 1 aromatic rings. The quantitative estimate of drug-likeness (QED) is 0.268. The Morgan fingerprint density at radius 2 is 1.75 bits per heavy atom. The molecule has 1 amide bonds. The van der Waals surface area contributed by atoms with Crippen LogP contribution in [-0.4, -0.2) is 39.0 Å². The van der Waals surface area contributed by atoms with Gasteiger partial charge in [0.05, 0.1) is 7.11 Å². The zero-order valence-corrected chi connectivity index (χ0v) is 16.2. The zero-order valence-electron chi connectivity index (χ0n) is 15.4. The average molecular weight is 425 g/mol. The van der Waals surface area contributed by atoms with Crippen LogP contribution in [-0.2, 0) is 30.9 Å². The minimum atomic E-state index is -5.76. The molecule has 1 N–H and O–H groups in total. The lowest BCUT2D eigenvalue weighted by molar-refractivity contribution is -0.145. The van der Waals surface area contributed by atoms with Crippen LogP contribution < -0.4 is 9.50 Å². The topological polar surface area (TPSA) is 98.8 Å². The molecular weight excluding hydrogens is 403 g/mol. The number of benzene rings is 1. The minimum absolute atomic E-state index is 0.0124. The molecule has 0 heterocycles. The van der Waals surface area contributed by atoms with E-state index in [1.54, 1.807) is 0 Å². The maximum Gasteiger partial charge on any atom is 0.534 e. The first-order valence-electron chi connectivity index (χ1n) is 8.47. The van der Waals surface area contributed by atoms with Crippen LogP contribution in [0.3, 0.4) is 0 Å². The van der Waals surface area contributed by atoms with E-state index in [-0.39, 0.29) is 18.7 Å². The summed E-state index contributed by atoms with van der Waals surface area (Å²) < 4.78 is 67.6. The normalized spacial score (nSPS) is 12.9.